The summed E-state index contributed by atoms with van der Waals surface area (Å²) in [6.07, 6.45) is 3.31. The van der Waals surface area contributed by atoms with Gasteiger partial charge in [0.1, 0.15) is 6.04 Å². The highest BCUT2D eigenvalue weighted by molar-refractivity contribution is 5.82. The van der Waals surface area contributed by atoms with Crippen LogP contribution in [0.5, 0.6) is 0 Å². The Labute approximate surface area is 125 Å². The third-order valence-electron chi connectivity index (χ3n) is 3.09. The second-order valence-corrected chi connectivity index (χ2v) is 4.96. The minimum atomic E-state index is -1.07. The molecule has 5 nitrogen and oxygen atoms in total. The van der Waals surface area contributed by atoms with Crippen LogP contribution in [0.25, 0.3) is 0 Å². The van der Waals surface area contributed by atoms with Gasteiger partial charge in [-0.2, -0.15) is 0 Å². The summed E-state index contributed by atoms with van der Waals surface area (Å²) in [5, 5.41) is 14.1. The van der Waals surface area contributed by atoms with Crippen molar-refractivity contribution in [1.82, 2.24) is 10.6 Å². The van der Waals surface area contributed by atoms with Crippen LogP contribution in [0.1, 0.15) is 25.3 Å². The fourth-order valence-electron chi connectivity index (χ4n) is 1.91. The number of hydrogen-bond acceptors (Lipinski definition) is 2. The van der Waals surface area contributed by atoms with Gasteiger partial charge in [0.15, 0.2) is 0 Å². The fourth-order valence-corrected chi connectivity index (χ4v) is 1.91. The van der Waals surface area contributed by atoms with Crippen molar-refractivity contribution < 1.29 is 14.7 Å². The summed E-state index contributed by atoms with van der Waals surface area (Å²) in [4.78, 5) is 22.7. The lowest BCUT2D eigenvalue weighted by Gasteiger charge is -2.17. The Bertz CT molecular complexity index is 474. The highest BCUT2D eigenvalue weighted by Gasteiger charge is 2.18. The summed E-state index contributed by atoms with van der Waals surface area (Å²) in [5.74, 6) is -1.07. The topological polar surface area (TPSA) is 78.4 Å². The van der Waals surface area contributed by atoms with Crippen molar-refractivity contribution in [3.8, 4) is 0 Å². The quantitative estimate of drug-likeness (QED) is 0.643. The van der Waals surface area contributed by atoms with Crippen molar-refractivity contribution in [1.29, 1.82) is 0 Å². The van der Waals surface area contributed by atoms with E-state index in [0.29, 0.717) is 0 Å². The maximum absolute atomic E-state index is 11.7. The Kier molecular flexibility index (Phi) is 7.01. The molecule has 21 heavy (non-hydrogen) atoms. The zero-order valence-corrected chi connectivity index (χ0v) is 12.2. The molecule has 2 amide bonds. The van der Waals surface area contributed by atoms with Crippen molar-refractivity contribution in [2.24, 2.45) is 0 Å². The SMILES string of the molecule is C=CCC(NC(=O)NC(C)CCc1ccccc1)C(=O)O. The molecule has 0 aliphatic heterocycles. The smallest absolute Gasteiger partial charge is 0.326 e. The maximum atomic E-state index is 11.7. The van der Waals surface area contributed by atoms with Gasteiger partial charge in [-0.25, -0.2) is 9.59 Å². The van der Waals surface area contributed by atoms with Crippen LogP contribution >= 0.6 is 0 Å². The fraction of sp³-hybridized carbons (Fsp3) is 0.375. The molecule has 3 N–H and O–H groups in total. The Morgan fingerprint density at radius 3 is 2.52 bits per heavy atom. The first-order valence-corrected chi connectivity index (χ1v) is 6.97. The van der Waals surface area contributed by atoms with E-state index < -0.39 is 18.0 Å². The molecule has 1 aromatic rings. The summed E-state index contributed by atoms with van der Waals surface area (Å²) < 4.78 is 0. The number of carbonyl (C=O) groups excluding carboxylic acids is 1. The van der Waals surface area contributed by atoms with Gasteiger partial charge in [0.05, 0.1) is 0 Å². The summed E-state index contributed by atoms with van der Waals surface area (Å²) in [6, 6.07) is 8.55. The molecule has 1 rings (SSSR count). The molecule has 0 bridgehead atoms. The van der Waals surface area contributed by atoms with Crippen molar-refractivity contribution in [3.63, 3.8) is 0 Å². The largest absolute Gasteiger partial charge is 0.480 e. The highest BCUT2D eigenvalue weighted by Crippen LogP contribution is 2.04. The lowest BCUT2D eigenvalue weighted by Crippen LogP contribution is -2.48. The number of carbonyl (C=O) groups is 2. The third-order valence-corrected chi connectivity index (χ3v) is 3.09. The molecule has 0 spiro atoms. The molecule has 0 saturated heterocycles. The Morgan fingerprint density at radius 2 is 1.95 bits per heavy atom. The standard InChI is InChI=1S/C16H22N2O3/c1-3-7-14(15(19)20)18-16(21)17-12(2)10-11-13-8-5-4-6-9-13/h3-6,8-9,12,14H,1,7,10-11H2,2H3,(H,19,20)(H2,17,18,21). The zero-order chi connectivity index (χ0) is 15.7. The van der Waals surface area contributed by atoms with Crippen LogP contribution in [0.4, 0.5) is 4.79 Å². The van der Waals surface area contributed by atoms with E-state index in [2.05, 4.69) is 17.2 Å². The number of aryl methyl sites for hydroxylation is 1. The Hall–Kier alpha value is -2.30. The lowest BCUT2D eigenvalue weighted by atomic mass is 10.1. The van der Waals surface area contributed by atoms with Crippen molar-refractivity contribution >= 4 is 12.0 Å². The van der Waals surface area contributed by atoms with Gasteiger partial charge in [-0.05, 0) is 31.7 Å². The minimum absolute atomic E-state index is 0.0385. The Balaban J connectivity index is 2.36. The number of aliphatic carboxylic acids is 1. The summed E-state index contributed by atoms with van der Waals surface area (Å²) in [6.45, 7) is 5.37. The van der Waals surface area contributed by atoms with Crippen molar-refractivity contribution in [2.45, 2.75) is 38.3 Å². The van der Waals surface area contributed by atoms with Crippen LogP contribution < -0.4 is 10.6 Å². The molecule has 0 fully saturated rings. The Morgan fingerprint density at radius 1 is 1.29 bits per heavy atom. The number of rotatable bonds is 8. The predicted octanol–water partition coefficient (Wildman–Crippen LogP) is 2.34. The van der Waals surface area contributed by atoms with Crippen LogP contribution in [-0.4, -0.2) is 29.2 Å². The molecule has 2 unspecified atom stereocenters. The highest BCUT2D eigenvalue weighted by atomic mass is 16.4. The van der Waals surface area contributed by atoms with E-state index in [0.717, 1.165) is 12.8 Å². The third kappa shape index (κ3) is 6.61. The number of nitrogens with one attached hydrogen (secondary N) is 2. The van der Waals surface area contributed by atoms with E-state index in [1.54, 1.807) is 0 Å². The number of carboxylic acid groups (broad SMARTS) is 1. The number of carboxylic acids is 1. The molecular weight excluding hydrogens is 268 g/mol. The normalized spacial score (nSPS) is 13.0. The zero-order valence-electron chi connectivity index (χ0n) is 12.2. The summed E-state index contributed by atoms with van der Waals surface area (Å²) in [7, 11) is 0. The van der Waals surface area contributed by atoms with Crippen molar-refractivity contribution in [3.05, 3.63) is 48.6 Å². The van der Waals surface area contributed by atoms with Gasteiger partial charge in [-0.1, -0.05) is 36.4 Å². The van der Waals surface area contributed by atoms with E-state index in [1.165, 1.54) is 11.6 Å². The first-order valence-electron chi connectivity index (χ1n) is 6.97. The van der Waals surface area contributed by atoms with Crippen LogP contribution in [0.3, 0.4) is 0 Å². The van der Waals surface area contributed by atoms with Gasteiger partial charge < -0.3 is 15.7 Å². The van der Waals surface area contributed by atoms with E-state index in [9.17, 15) is 9.59 Å². The molecular formula is C16H22N2O3. The molecule has 0 radical (unpaired) electrons. The molecule has 1 aromatic carbocycles. The first-order chi connectivity index (χ1) is 10.0. The number of hydrogen-bond donors (Lipinski definition) is 3. The molecule has 2 atom stereocenters. The predicted molar refractivity (Wildman–Crippen MR) is 82.1 cm³/mol. The monoisotopic (exact) mass is 290 g/mol. The van der Waals surface area contributed by atoms with E-state index in [1.807, 2.05) is 37.3 Å². The van der Waals surface area contributed by atoms with Gasteiger partial charge in [0.2, 0.25) is 0 Å². The van der Waals surface area contributed by atoms with E-state index in [4.69, 9.17) is 5.11 Å². The summed E-state index contributed by atoms with van der Waals surface area (Å²) >= 11 is 0. The molecule has 5 heteroatoms. The maximum Gasteiger partial charge on any atom is 0.326 e. The molecule has 114 valence electrons. The lowest BCUT2D eigenvalue weighted by molar-refractivity contribution is -0.139. The number of amides is 2. The molecule has 0 aliphatic rings. The second-order valence-electron chi connectivity index (χ2n) is 4.96. The van der Waals surface area contributed by atoms with Crippen LogP contribution in [0, 0.1) is 0 Å². The van der Waals surface area contributed by atoms with Gasteiger partial charge in [-0.3, -0.25) is 0 Å². The molecule has 0 aliphatic carbocycles. The van der Waals surface area contributed by atoms with Crippen molar-refractivity contribution in [2.75, 3.05) is 0 Å². The van der Waals surface area contributed by atoms with E-state index in [-0.39, 0.29) is 12.5 Å². The van der Waals surface area contributed by atoms with Gasteiger partial charge >= 0.3 is 12.0 Å². The molecule has 0 saturated carbocycles. The van der Waals surface area contributed by atoms with Crippen LogP contribution in [0.2, 0.25) is 0 Å². The number of urea groups is 1. The van der Waals surface area contributed by atoms with Gasteiger partial charge in [-0.15, -0.1) is 6.58 Å². The average molecular weight is 290 g/mol. The second kappa shape index (κ2) is 8.79. The van der Waals surface area contributed by atoms with E-state index >= 15 is 0 Å². The van der Waals surface area contributed by atoms with Gasteiger partial charge in [0.25, 0.3) is 0 Å². The summed E-state index contributed by atoms with van der Waals surface area (Å²) in [5.41, 5.74) is 1.21. The first kappa shape index (κ1) is 16.8. The minimum Gasteiger partial charge on any atom is -0.480 e. The molecule has 0 heterocycles. The average Bonchev–Trinajstić information content (AvgIpc) is 2.45. The van der Waals surface area contributed by atoms with Crippen LogP contribution in [-0.2, 0) is 11.2 Å². The van der Waals surface area contributed by atoms with Crippen LogP contribution in [0.15, 0.2) is 43.0 Å². The van der Waals surface area contributed by atoms with Gasteiger partial charge in [0, 0.05) is 6.04 Å². The number of benzene rings is 1. The molecule has 0 aromatic heterocycles.